The van der Waals surface area contributed by atoms with Gasteiger partial charge in [-0.05, 0) is 35.1 Å². The molecule has 1 heterocycles. The fourth-order valence-electron chi connectivity index (χ4n) is 4.76. The van der Waals surface area contributed by atoms with Gasteiger partial charge in [0.15, 0.2) is 5.82 Å². The molecule has 1 amide bonds. The standard InChI is InChI=1S/C25H23N3O4/c29-24(30)20-13-26-22(15-7-1-2-8-15)27-23(20)28-25(31)32-14-21-18-11-5-3-9-16(18)17-10-4-6-12-19(17)21/h3-6,9-13,15,21H,1-2,7-8,14H2,(H,29,30)(H,26,27,28,31). The molecule has 2 aliphatic rings. The van der Waals surface area contributed by atoms with Gasteiger partial charge in [0.2, 0.25) is 0 Å². The number of carbonyl (C=O) groups is 2. The normalized spacial score (nSPS) is 15.2. The number of hydrogen-bond acceptors (Lipinski definition) is 5. The van der Waals surface area contributed by atoms with Gasteiger partial charge in [-0.1, -0.05) is 61.4 Å². The summed E-state index contributed by atoms with van der Waals surface area (Å²) in [5, 5.41) is 12.0. The Morgan fingerprint density at radius 2 is 1.62 bits per heavy atom. The molecule has 32 heavy (non-hydrogen) atoms. The van der Waals surface area contributed by atoms with E-state index in [2.05, 4.69) is 27.4 Å². The van der Waals surface area contributed by atoms with Crippen molar-refractivity contribution < 1.29 is 19.4 Å². The fourth-order valence-corrected chi connectivity index (χ4v) is 4.76. The summed E-state index contributed by atoms with van der Waals surface area (Å²) >= 11 is 0. The molecule has 2 aliphatic carbocycles. The first-order valence-electron chi connectivity index (χ1n) is 10.8. The van der Waals surface area contributed by atoms with Crippen molar-refractivity contribution in [1.29, 1.82) is 0 Å². The van der Waals surface area contributed by atoms with E-state index in [4.69, 9.17) is 4.74 Å². The van der Waals surface area contributed by atoms with Crippen molar-refractivity contribution in [1.82, 2.24) is 9.97 Å². The number of benzene rings is 2. The number of rotatable bonds is 5. The van der Waals surface area contributed by atoms with Gasteiger partial charge in [0.05, 0.1) is 0 Å². The molecule has 0 bridgehead atoms. The summed E-state index contributed by atoms with van der Waals surface area (Å²) in [7, 11) is 0. The van der Waals surface area contributed by atoms with Crippen LogP contribution in [0.2, 0.25) is 0 Å². The lowest BCUT2D eigenvalue weighted by Gasteiger charge is -2.15. The van der Waals surface area contributed by atoms with Crippen LogP contribution < -0.4 is 5.32 Å². The highest BCUT2D eigenvalue weighted by Gasteiger charge is 2.29. The molecule has 0 spiro atoms. The molecular weight excluding hydrogens is 406 g/mol. The van der Waals surface area contributed by atoms with E-state index in [0.29, 0.717) is 5.82 Å². The van der Waals surface area contributed by atoms with Crippen LogP contribution in [0.1, 0.15) is 64.8 Å². The molecule has 0 saturated heterocycles. The molecule has 3 aromatic rings. The van der Waals surface area contributed by atoms with Crippen LogP contribution in [0.15, 0.2) is 54.7 Å². The van der Waals surface area contributed by atoms with Crippen LogP contribution in [-0.4, -0.2) is 33.7 Å². The number of ether oxygens (including phenoxy) is 1. The highest BCUT2D eigenvalue weighted by molar-refractivity contribution is 5.97. The second-order valence-corrected chi connectivity index (χ2v) is 8.23. The van der Waals surface area contributed by atoms with Gasteiger partial charge < -0.3 is 9.84 Å². The molecule has 7 heteroatoms. The maximum Gasteiger partial charge on any atom is 0.412 e. The van der Waals surface area contributed by atoms with Crippen LogP contribution in [0.4, 0.5) is 10.6 Å². The molecule has 0 unspecified atom stereocenters. The number of hydrogen-bond donors (Lipinski definition) is 2. The second-order valence-electron chi connectivity index (χ2n) is 8.23. The first-order chi connectivity index (χ1) is 15.6. The highest BCUT2D eigenvalue weighted by atomic mass is 16.5. The van der Waals surface area contributed by atoms with E-state index >= 15 is 0 Å². The van der Waals surface area contributed by atoms with E-state index in [9.17, 15) is 14.7 Å². The Labute approximate surface area is 185 Å². The minimum absolute atomic E-state index is 0.0216. The summed E-state index contributed by atoms with van der Waals surface area (Å²) in [6.45, 7) is 0.142. The molecule has 2 aromatic carbocycles. The van der Waals surface area contributed by atoms with Crippen LogP contribution in [-0.2, 0) is 4.74 Å². The zero-order valence-corrected chi connectivity index (χ0v) is 17.5. The van der Waals surface area contributed by atoms with Gasteiger partial charge in [-0.15, -0.1) is 0 Å². The quantitative estimate of drug-likeness (QED) is 0.578. The number of carbonyl (C=O) groups excluding carboxylic acids is 1. The molecule has 1 saturated carbocycles. The van der Waals surface area contributed by atoms with Gasteiger partial charge in [0.25, 0.3) is 0 Å². The minimum atomic E-state index is -1.20. The Morgan fingerprint density at radius 3 is 2.25 bits per heavy atom. The van der Waals surface area contributed by atoms with Gasteiger partial charge in [0.1, 0.15) is 18.0 Å². The SMILES string of the molecule is O=C(Nc1nc(C2CCCC2)ncc1C(=O)O)OCC1c2ccccc2-c2ccccc21. The zero-order chi connectivity index (χ0) is 22.1. The van der Waals surface area contributed by atoms with Crippen molar-refractivity contribution in [3.63, 3.8) is 0 Å². The third kappa shape index (κ3) is 3.70. The molecule has 7 nitrogen and oxygen atoms in total. The Kier molecular flexibility index (Phi) is 5.31. The lowest BCUT2D eigenvalue weighted by Crippen LogP contribution is -2.21. The van der Waals surface area contributed by atoms with E-state index in [1.807, 2.05) is 36.4 Å². The molecule has 1 aromatic heterocycles. The maximum atomic E-state index is 12.6. The number of fused-ring (bicyclic) bond motifs is 3. The van der Waals surface area contributed by atoms with Gasteiger partial charge in [-0.3, -0.25) is 5.32 Å². The van der Waals surface area contributed by atoms with Gasteiger partial charge >= 0.3 is 12.1 Å². The molecule has 0 radical (unpaired) electrons. The average molecular weight is 429 g/mol. The van der Waals surface area contributed by atoms with Gasteiger partial charge in [-0.2, -0.15) is 0 Å². The number of nitrogens with zero attached hydrogens (tertiary/aromatic N) is 2. The minimum Gasteiger partial charge on any atom is -0.477 e. The number of nitrogens with one attached hydrogen (secondary N) is 1. The third-order valence-corrected chi connectivity index (χ3v) is 6.32. The topological polar surface area (TPSA) is 101 Å². The van der Waals surface area contributed by atoms with Crippen LogP contribution in [0.5, 0.6) is 0 Å². The van der Waals surface area contributed by atoms with E-state index in [-0.39, 0.29) is 29.8 Å². The predicted octanol–water partition coefficient (Wildman–Crippen LogP) is 5.19. The van der Waals surface area contributed by atoms with E-state index < -0.39 is 12.1 Å². The third-order valence-electron chi connectivity index (χ3n) is 6.32. The summed E-state index contributed by atoms with van der Waals surface area (Å²) in [6, 6.07) is 16.2. The van der Waals surface area contributed by atoms with Crippen molar-refractivity contribution in [2.24, 2.45) is 0 Å². The molecule has 1 fully saturated rings. The number of amides is 1. The van der Waals surface area contributed by atoms with Crippen molar-refractivity contribution in [2.75, 3.05) is 11.9 Å². The predicted molar refractivity (Wildman–Crippen MR) is 119 cm³/mol. The van der Waals surface area contributed by atoms with Crippen LogP contribution in [0.3, 0.4) is 0 Å². The number of anilines is 1. The Morgan fingerprint density at radius 1 is 1.00 bits per heavy atom. The van der Waals surface area contributed by atoms with Crippen LogP contribution >= 0.6 is 0 Å². The van der Waals surface area contributed by atoms with Crippen molar-refractivity contribution in [3.8, 4) is 11.1 Å². The second kappa shape index (κ2) is 8.42. The number of carboxylic acid groups (broad SMARTS) is 1. The largest absolute Gasteiger partial charge is 0.477 e. The van der Waals surface area contributed by atoms with E-state index in [1.165, 1.54) is 6.20 Å². The monoisotopic (exact) mass is 429 g/mol. The Hall–Kier alpha value is -3.74. The summed E-state index contributed by atoms with van der Waals surface area (Å²) < 4.78 is 5.54. The number of carboxylic acids is 1. The van der Waals surface area contributed by atoms with Crippen molar-refractivity contribution >= 4 is 17.9 Å². The first kappa shape index (κ1) is 20.2. The van der Waals surface area contributed by atoms with Crippen molar-refractivity contribution in [3.05, 3.63) is 77.2 Å². The molecular formula is C25H23N3O4. The summed E-state index contributed by atoms with van der Waals surface area (Å²) in [5.41, 5.74) is 4.35. The zero-order valence-electron chi connectivity index (χ0n) is 17.5. The molecule has 0 atom stereocenters. The van der Waals surface area contributed by atoms with E-state index in [1.54, 1.807) is 0 Å². The van der Waals surface area contributed by atoms with Gasteiger partial charge in [0, 0.05) is 18.0 Å². The van der Waals surface area contributed by atoms with Crippen molar-refractivity contribution in [2.45, 2.75) is 37.5 Å². The summed E-state index contributed by atoms with van der Waals surface area (Å²) in [4.78, 5) is 32.8. The first-order valence-corrected chi connectivity index (χ1v) is 10.8. The maximum absolute atomic E-state index is 12.6. The highest BCUT2D eigenvalue weighted by Crippen LogP contribution is 2.44. The molecule has 0 aliphatic heterocycles. The average Bonchev–Trinajstić information content (AvgIpc) is 3.44. The van der Waals surface area contributed by atoms with Crippen LogP contribution in [0.25, 0.3) is 11.1 Å². The lowest BCUT2D eigenvalue weighted by atomic mass is 9.98. The summed E-state index contributed by atoms with van der Waals surface area (Å²) in [6.07, 6.45) is 4.68. The lowest BCUT2D eigenvalue weighted by molar-refractivity contribution is 0.0697. The number of aromatic carboxylic acids is 1. The summed E-state index contributed by atoms with van der Waals surface area (Å²) in [5.74, 6) is -0.530. The molecule has 162 valence electrons. The molecule has 5 rings (SSSR count). The van der Waals surface area contributed by atoms with Crippen LogP contribution in [0, 0.1) is 0 Å². The Bertz CT molecular complexity index is 1140. The fraction of sp³-hybridized carbons (Fsp3) is 0.280. The smallest absolute Gasteiger partial charge is 0.412 e. The van der Waals surface area contributed by atoms with Gasteiger partial charge in [-0.25, -0.2) is 19.6 Å². The molecule has 2 N–H and O–H groups in total. The van der Waals surface area contributed by atoms with E-state index in [0.717, 1.165) is 47.9 Å². The Balaban J connectivity index is 1.33. The number of aromatic nitrogens is 2.